The molecule has 0 heterocycles. The lowest BCUT2D eigenvalue weighted by Crippen LogP contribution is -2.30. The summed E-state index contributed by atoms with van der Waals surface area (Å²) in [6.07, 6.45) is 69.6. The predicted octanol–water partition coefficient (Wildman–Crippen LogP) is 19.0. The Balaban J connectivity index is 4.74. The van der Waals surface area contributed by atoms with Crippen molar-refractivity contribution >= 4 is 25.7 Å². The quantitative estimate of drug-likeness (QED) is 0.0197. The third kappa shape index (κ3) is 57.3. The molecule has 3 unspecified atom stereocenters. The molecule has 0 spiro atoms. The maximum Gasteiger partial charge on any atom is 0.472 e. The fourth-order valence-corrected chi connectivity index (χ4v) is 9.27. The zero-order valence-corrected chi connectivity index (χ0v) is 50.8. The first-order chi connectivity index (χ1) is 38.2. The van der Waals surface area contributed by atoms with Crippen molar-refractivity contribution in [1.29, 1.82) is 0 Å². The number of unbranched alkanes of at least 4 members (excludes halogenated alkanes) is 27. The molecule has 0 aromatic heterocycles. The summed E-state index contributed by atoms with van der Waals surface area (Å²) >= 11 is 0. The van der Waals surface area contributed by atoms with Crippen LogP contribution in [0.4, 0.5) is 0 Å². The topological polar surface area (TPSA) is 155 Å². The van der Waals surface area contributed by atoms with Gasteiger partial charge in [0.2, 0.25) is 0 Å². The number of rotatable bonds is 58. The molecule has 0 amide bonds. The van der Waals surface area contributed by atoms with E-state index in [1.165, 1.54) is 116 Å². The molecule has 0 saturated carbocycles. The highest BCUT2D eigenvalue weighted by molar-refractivity contribution is 7.47. The summed E-state index contributed by atoms with van der Waals surface area (Å²) in [7, 11) is -4.76. The molecule has 2 N–H and O–H groups in total. The van der Waals surface area contributed by atoms with Crippen LogP contribution in [0.15, 0.2) is 85.1 Å². The molecule has 0 radical (unpaired) electrons. The Kier molecular flexibility index (Phi) is 57.2. The lowest BCUT2D eigenvalue weighted by Gasteiger charge is -2.21. The number of hydrogen-bond donors (Lipinski definition) is 2. The number of carbonyl (C=O) groups excluding carboxylic acids is 3. The standard InChI is InChI=1S/C66H115O11P/c1-4-7-10-13-16-19-22-25-27-29-31-33-35-38-40-43-46-49-52-55-64(68)73-59-63(77-66(70)57-54-51-48-45-42-39-36-34-32-30-28-26-23-20-17-14-11-8-5-2)61-75-78(71,72)74-60-62(58-67)76-65(69)56-53-50-47-44-41-37-24-21-18-15-12-9-6-3/h9,12,16-21,25-28,37,41,62-63,67H,4-8,10-11,13-15,22-24,29-36,38-40,42-61H2,1-3H3,(H,71,72)/b12-9-,19-16-,20-17-,21-18-,27-25-,28-26-,41-37-. The van der Waals surface area contributed by atoms with Crippen LogP contribution in [0.1, 0.15) is 278 Å². The van der Waals surface area contributed by atoms with Gasteiger partial charge in [-0.15, -0.1) is 0 Å². The van der Waals surface area contributed by atoms with E-state index in [1.807, 2.05) is 0 Å². The number of esters is 3. The van der Waals surface area contributed by atoms with E-state index in [-0.39, 0.29) is 25.9 Å². The third-order valence-corrected chi connectivity index (χ3v) is 14.2. The van der Waals surface area contributed by atoms with Crippen LogP contribution < -0.4 is 0 Å². The van der Waals surface area contributed by atoms with Crippen molar-refractivity contribution in [1.82, 2.24) is 0 Å². The molecule has 12 heteroatoms. The van der Waals surface area contributed by atoms with Crippen LogP contribution >= 0.6 is 7.82 Å². The molecule has 11 nitrogen and oxygen atoms in total. The van der Waals surface area contributed by atoms with Gasteiger partial charge in [-0.2, -0.15) is 0 Å². The second kappa shape index (κ2) is 59.8. The fourth-order valence-electron chi connectivity index (χ4n) is 8.49. The molecule has 0 aliphatic carbocycles. The number of ether oxygens (including phenoxy) is 3. The monoisotopic (exact) mass is 1110 g/mol. The summed E-state index contributed by atoms with van der Waals surface area (Å²) < 4.78 is 39.6. The van der Waals surface area contributed by atoms with Crippen molar-refractivity contribution in [2.45, 2.75) is 290 Å². The van der Waals surface area contributed by atoms with Gasteiger partial charge in [-0.25, -0.2) is 4.57 Å². The second-order valence-corrected chi connectivity index (χ2v) is 22.3. The highest BCUT2D eigenvalue weighted by Crippen LogP contribution is 2.43. The number of aliphatic hydroxyl groups is 1. The fraction of sp³-hybridized carbons (Fsp3) is 0.742. The Hall–Kier alpha value is -3.34. The lowest BCUT2D eigenvalue weighted by atomic mass is 10.1. The Morgan fingerprint density at radius 2 is 0.667 bits per heavy atom. The van der Waals surface area contributed by atoms with Gasteiger partial charge in [0.1, 0.15) is 12.7 Å². The van der Waals surface area contributed by atoms with Crippen LogP contribution in [0.25, 0.3) is 0 Å². The van der Waals surface area contributed by atoms with Crippen molar-refractivity contribution < 1.29 is 52.2 Å². The average Bonchev–Trinajstić information content (AvgIpc) is 3.43. The molecule has 0 fully saturated rings. The summed E-state index contributed by atoms with van der Waals surface area (Å²) in [4.78, 5) is 48.7. The summed E-state index contributed by atoms with van der Waals surface area (Å²) in [5, 5.41) is 9.82. The molecule has 0 aromatic rings. The number of aliphatic hydroxyl groups excluding tert-OH is 1. The van der Waals surface area contributed by atoms with E-state index in [2.05, 4.69) is 106 Å². The van der Waals surface area contributed by atoms with Gasteiger partial charge in [0.05, 0.1) is 19.8 Å². The van der Waals surface area contributed by atoms with E-state index in [1.54, 1.807) is 0 Å². The van der Waals surface area contributed by atoms with Crippen LogP contribution in [0.5, 0.6) is 0 Å². The van der Waals surface area contributed by atoms with Gasteiger partial charge in [0, 0.05) is 19.3 Å². The summed E-state index contributed by atoms with van der Waals surface area (Å²) in [6, 6.07) is 0. The van der Waals surface area contributed by atoms with Gasteiger partial charge < -0.3 is 24.2 Å². The molecular formula is C66H115O11P. The van der Waals surface area contributed by atoms with Gasteiger partial charge >= 0.3 is 25.7 Å². The van der Waals surface area contributed by atoms with E-state index < -0.39 is 57.8 Å². The molecule has 450 valence electrons. The smallest absolute Gasteiger partial charge is 0.462 e. The molecule has 0 saturated heterocycles. The lowest BCUT2D eigenvalue weighted by molar-refractivity contribution is -0.161. The minimum Gasteiger partial charge on any atom is -0.462 e. The number of allylic oxidation sites excluding steroid dienone is 14. The van der Waals surface area contributed by atoms with Crippen LogP contribution in [0.2, 0.25) is 0 Å². The van der Waals surface area contributed by atoms with Gasteiger partial charge in [-0.05, 0) is 116 Å². The van der Waals surface area contributed by atoms with Crippen molar-refractivity contribution in [3.63, 3.8) is 0 Å². The summed E-state index contributed by atoms with van der Waals surface area (Å²) in [5.41, 5.74) is 0. The number of phosphoric ester groups is 1. The molecule has 78 heavy (non-hydrogen) atoms. The van der Waals surface area contributed by atoms with Crippen LogP contribution in [-0.2, 0) is 42.2 Å². The maximum atomic E-state index is 13.0. The summed E-state index contributed by atoms with van der Waals surface area (Å²) in [5.74, 6) is -1.50. The normalized spacial score (nSPS) is 13.9. The van der Waals surface area contributed by atoms with Crippen molar-refractivity contribution in [3.8, 4) is 0 Å². The maximum absolute atomic E-state index is 13.0. The van der Waals surface area contributed by atoms with E-state index in [0.29, 0.717) is 19.3 Å². The van der Waals surface area contributed by atoms with Crippen molar-refractivity contribution in [3.05, 3.63) is 85.1 Å². The van der Waals surface area contributed by atoms with E-state index in [4.69, 9.17) is 23.3 Å². The van der Waals surface area contributed by atoms with Gasteiger partial charge in [-0.1, -0.05) is 228 Å². The number of phosphoric acid groups is 1. The van der Waals surface area contributed by atoms with Crippen molar-refractivity contribution in [2.24, 2.45) is 0 Å². The van der Waals surface area contributed by atoms with Crippen LogP contribution in [0, 0.1) is 0 Å². The molecule has 0 bridgehead atoms. The van der Waals surface area contributed by atoms with Gasteiger partial charge in [0.25, 0.3) is 0 Å². The molecule has 0 aliphatic rings. The first-order valence-electron chi connectivity index (χ1n) is 31.5. The Morgan fingerprint density at radius 3 is 1.04 bits per heavy atom. The zero-order chi connectivity index (χ0) is 56.9. The molecule has 0 aromatic carbocycles. The number of carbonyl (C=O) groups is 3. The SMILES string of the molecule is CC/C=C\C/C=C\C/C=C\CCCCCC(=O)OC(CO)COP(=O)(O)OCC(COC(=O)CCCCCCCCCCC/C=C\C/C=C\CCCCC)OC(=O)CCCCCCCCCCC/C=C\C/C=C\CCCCC. The molecular weight excluding hydrogens is 1000 g/mol. The van der Waals surface area contributed by atoms with Crippen LogP contribution in [-0.4, -0.2) is 66.5 Å². The van der Waals surface area contributed by atoms with Crippen LogP contribution in [0.3, 0.4) is 0 Å². The predicted molar refractivity (Wildman–Crippen MR) is 325 cm³/mol. The summed E-state index contributed by atoms with van der Waals surface area (Å²) in [6.45, 7) is 4.46. The van der Waals surface area contributed by atoms with E-state index >= 15 is 0 Å². The van der Waals surface area contributed by atoms with Gasteiger partial charge in [0.15, 0.2) is 6.10 Å². The molecule has 0 aliphatic heterocycles. The van der Waals surface area contributed by atoms with E-state index in [0.717, 1.165) is 103 Å². The average molecular weight is 1120 g/mol. The Bertz CT molecular complexity index is 1630. The zero-order valence-electron chi connectivity index (χ0n) is 49.9. The highest BCUT2D eigenvalue weighted by atomic mass is 31.2. The van der Waals surface area contributed by atoms with Gasteiger partial charge in [-0.3, -0.25) is 23.4 Å². The molecule has 3 atom stereocenters. The first kappa shape index (κ1) is 74.7. The minimum absolute atomic E-state index is 0.139. The first-order valence-corrected chi connectivity index (χ1v) is 33.0. The Morgan fingerprint density at radius 1 is 0.372 bits per heavy atom. The highest BCUT2D eigenvalue weighted by Gasteiger charge is 2.28. The van der Waals surface area contributed by atoms with Crippen molar-refractivity contribution in [2.75, 3.05) is 26.4 Å². The largest absolute Gasteiger partial charge is 0.472 e. The molecule has 0 rings (SSSR count). The minimum atomic E-state index is -4.76. The van der Waals surface area contributed by atoms with E-state index in [9.17, 15) is 28.9 Å². The number of hydrogen-bond acceptors (Lipinski definition) is 10. The Labute approximate surface area is 477 Å². The second-order valence-electron chi connectivity index (χ2n) is 20.8. The third-order valence-electron chi connectivity index (χ3n) is 13.3.